The first-order chi connectivity index (χ1) is 10.7. The molecular weight excluding hydrogens is 419 g/mol. The van der Waals surface area contributed by atoms with E-state index in [9.17, 15) is 0 Å². The lowest BCUT2D eigenvalue weighted by Crippen LogP contribution is -2.43. The lowest BCUT2D eigenvalue weighted by molar-refractivity contribution is 0.326. The molecule has 0 aromatic heterocycles. The minimum Gasteiger partial charge on any atom is -0.357 e. The zero-order valence-corrected chi connectivity index (χ0v) is 18.2. The van der Waals surface area contributed by atoms with Gasteiger partial charge in [-0.2, -0.15) is 11.8 Å². The molecule has 0 amide bonds. The van der Waals surface area contributed by atoms with Crippen LogP contribution in [-0.4, -0.2) is 61.1 Å². The molecular formula is C17H35IN4S. The van der Waals surface area contributed by atoms with E-state index in [2.05, 4.69) is 35.6 Å². The Bertz CT molecular complexity index is 353. The average molecular weight is 454 g/mol. The fourth-order valence-electron chi connectivity index (χ4n) is 3.60. The van der Waals surface area contributed by atoms with E-state index in [1.54, 1.807) is 0 Å². The predicted molar refractivity (Wildman–Crippen MR) is 114 cm³/mol. The maximum absolute atomic E-state index is 4.87. The Balaban J connectivity index is 0.00000264. The van der Waals surface area contributed by atoms with Crippen molar-refractivity contribution in [3.8, 4) is 0 Å². The summed E-state index contributed by atoms with van der Waals surface area (Å²) in [7, 11) is 0. The van der Waals surface area contributed by atoms with Crippen molar-refractivity contribution in [2.24, 2.45) is 10.9 Å². The van der Waals surface area contributed by atoms with E-state index < -0.39 is 0 Å². The van der Waals surface area contributed by atoms with Crippen LogP contribution in [0, 0.1) is 5.92 Å². The second-order valence-corrected chi connectivity index (χ2v) is 7.83. The van der Waals surface area contributed by atoms with Crippen LogP contribution in [0.25, 0.3) is 0 Å². The maximum Gasteiger partial charge on any atom is 0.191 e. The van der Waals surface area contributed by atoms with E-state index in [1.165, 1.54) is 51.7 Å². The standard InChI is InChI=1S/C17H34N4S.HI/c1-4-9-21-10-8-14(13-21)12-19-17(18-5-2)20-15-6-7-16(11-15)22-3;/h14-16H,4-13H2,1-3H3,(H2,18,19,20);1H. The quantitative estimate of drug-likeness (QED) is 0.352. The van der Waals surface area contributed by atoms with E-state index >= 15 is 0 Å². The van der Waals surface area contributed by atoms with Gasteiger partial charge in [0.25, 0.3) is 0 Å². The highest BCUT2D eigenvalue weighted by Gasteiger charge is 2.25. The van der Waals surface area contributed by atoms with Crippen molar-refractivity contribution in [3.05, 3.63) is 0 Å². The lowest BCUT2D eigenvalue weighted by atomic mass is 10.1. The van der Waals surface area contributed by atoms with Crippen LogP contribution in [0.5, 0.6) is 0 Å². The smallest absolute Gasteiger partial charge is 0.191 e. The Morgan fingerprint density at radius 2 is 2.09 bits per heavy atom. The second-order valence-electron chi connectivity index (χ2n) is 6.69. The SMILES string of the molecule is CCCN1CCC(CN=C(NCC)NC2CCC(SC)C2)C1.I. The van der Waals surface area contributed by atoms with E-state index in [-0.39, 0.29) is 24.0 Å². The molecule has 0 spiro atoms. The van der Waals surface area contributed by atoms with Crippen molar-refractivity contribution < 1.29 is 0 Å². The summed E-state index contributed by atoms with van der Waals surface area (Å²) in [6, 6.07) is 0.607. The molecule has 6 heteroatoms. The Kier molecular flexibility index (Phi) is 10.9. The molecule has 0 aromatic rings. The molecule has 3 unspecified atom stereocenters. The van der Waals surface area contributed by atoms with Gasteiger partial charge in [0, 0.05) is 30.9 Å². The largest absolute Gasteiger partial charge is 0.357 e. The third kappa shape index (κ3) is 7.38. The van der Waals surface area contributed by atoms with Crippen LogP contribution in [-0.2, 0) is 0 Å². The number of aliphatic imine (C=N–C) groups is 1. The Morgan fingerprint density at radius 3 is 2.74 bits per heavy atom. The molecule has 1 aliphatic heterocycles. The molecule has 1 aliphatic carbocycles. The van der Waals surface area contributed by atoms with Gasteiger partial charge >= 0.3 is 0 Å². The van der Waals surface area contributed by atoms with Gasteiger partial charge < -0.3 is 15.5 Å². The molecule has 0 bridgehead atoms. The van der Waals surface area contributed by atoms with E-state index in [0.717, 1.165) is 30.2 Å². The van der Waals surface area contributed by atoms with Crippen molar-refractivity contribution in [3.63, 3.8) is 0 Å². The highest BCUT2D eigenvalue weighted by Crippen LogP contribution is 2.28. The summed E-state index contributed by atoms with van der Waals surface area (Å²) in [5.41, 5.74) is 0. The number of hydrogen-bond acceptors (Lipinski definition) is 3. The molecule has 2 rings (SSSR count). The molecule has 2 aliphatic rings. The van der Waals surface area contributed by atoms with Crippen molar-refractivity contribution in [2.75, 3.05) is 39.0 Å². The van der Waals surface area contributed by atoms with Crippen molar-refractivity contribution >= 4 is 41.7 Å². The number of halogens is 1. The Labute approximate surface area is 164 Å². The Hall–Kier alpha value is 0.310. The minimum atomic E-state index is 0. The highest BCUT2D eigenvalue weighted by atomic mass is 127. The van der Waals surface area contributed by atoms with Crippen LogP contribution >= 0.6 is 35.7 Å². The summed E-state index contributed by atoms with van der Waals surface area (Å²) in [5.74, 6) is 1.77. The molecule has 2 N–H and O–H groups in total. The number of guanidine groups is 1. The molecule has 0 radical (unpaired) electrons. The zero-order valence-electron chi connectivity index (χ0n) is 15.0. The van der Waals surface area contributed by atoms with E-state index in [0.29, 0.717) is 6.04 Å². The average Bonchev–Trinajstić information content (AvgIpc) is 3.14. The zero-order chi connectivity index (χ0) is 15.8. The lowest BCUT2D eigenvalue weighted by Gasteiger charge is -2.18. The number of rotatable bonds is 7. The van der Waals surface area contributed by atoms with Gasteiger partial charge in [-0.05, 0) is 64.3 Å². The van der Waals surface area contributed by atoms with Gasteiger partial charge in [-0.25, -0.2) is 0 Å². The van der Waals surface area contributed by atoms with Gasteiger partial charge in [0.2, 0.25) is 0 Å². The van der Waals surface area contributed by atoms with Crippen LogP contribution in [0.15, 0.2) is 4.99 Å². The minimum absolute atomic E-state index is 0. The number of hydrogen-bond donors (Lipinski definition) is 2. The molecule has 1 saturated carbocycles. The fourth-order valence-corrected chi connectivity index (χ4v) is 4.40. The fraction of sp³-hybridized carbons (Fsp3) is 0.941. The summed E-state index contributed by atoms with van der Waals surface area (Å²) in [6.45, 7) is 10.1. The van der Waals surface area contributed by atoms with Crippen LogP contribution in [0.1, 0.15) is 46.0 Å². The maximum atomic E-state index is 4.87. The van der Waals surface area contributed by atoms with Crippen LogP contribution in [0.4, 0.5) is 0 Å². The first-order valence-electron chi connectivity index (χ1n) is 9.05. The summed E-state index contributed by atoms with van der Waals surface area (Å²) in [6.07, 6.45) is 8.70. The van der Waals surface area contributed by atoms with Crippen molar-refractivity contribution in [1.29, 1.82) is 0 Å². The molecule has 136 valence electrons. The van der Waals surface area contributed by atoms with Gasteiger partial charge in [-0.3, -0.25) is 4.99 Å². The second kappa shape index (κ2) is 11.8. The third-order valence-electron chi connectivity index (χ3n) is 4.82. The summed E-state index contributed by atoms with van der Waals surface area (Å²) in [4.78, 5) is 7.45. The van der Waals surface area contributed by atoms with Crippen molar-refractivity contribution in [1.82, 2.24) is 15.5 Å². The molecule has 1 saturated heterocycles. The van der Waals surface area contributed by atoms with Gasteiger partial charge in [0.05, 0.1) is 0 Å². The van der Waals surface area contributed by atoms with Gasteiger partial charge in [-0.15, -0.1) is 24.0 Å². The molecule has 3 atom stereocenters. The normalized spacial score (nSPS) is 28.7. The van der Waals surface area contributed by atoms with E-state index in [1.807, 2.05) is 11.8 Å². The van der Waals surface area contributed by atoms with Crippen LogP contribution in [0.3, 0.4) is 0 Å². The van der Waals surface area contributed by atoms with Gasteiger partial charge in [-0.1, -0.05) is 6.92 Å². The summed E-state index contributed by atoms with van der Waals surface area (Å²) < 4.78 is 0. The first kappa shape index (κ1) is 21.4. The third-order valence-corrected chi connectivity index (χ3v) is 5.92. The van der Waals surface area contributed by atoms with E-state index in [4.69, 9.17) is 4.99 Å². The monoisotopic (exact) mass is 454 g/mol. The van der Waals surface area contributed by atoms with Gasteiger partial charge in [0.1, 0.15) is 0 Å². The van der Waals surface area contributed by atoms with Crippen molar-refractivity contribution in [2.45, 2.75) is 57.2 Å². The summed E-state index contributed by atoms with van der Waals surface area (Å²) in [5, 5.41) is 7.91. The molecule has 23 heavy (non-hydrogen) atoms. The van der Waals surface area contributed by atoms with Crippen LogP contribution < -0.4 is 10.6 Å². The topological polar surface area (TPSA) is 39.7 Å². The first-order valence-corrected chi connectivity index (χ1v) is 10.3. The number of likely N-dealkylation sites (tertiary alicyclic amines) is 1. The highest BCUT2D eigenvalue weighted by molar-refractivity contribution is 14.0. The molecule has 0 aromatic carbocycles. The van der Waals surface area contributed by atoms with Crippen LogP contribution in [0.2, 0.25) is 0 Å². The number of nitrogens with one attached hydrogen (secondary N) is 2. The van der Waals surface area contributed by atoms with Gasteiger partial charge in [0.15, 0.2) is 5.96 Å². The molecule has 2 fully saturated rings. The number of thioether (sulfide) groups is 1. The number of nitrogens with zero attached hydrogens (tertiary/aromatic N) is 2. The predicted octanol–water partition coefficient (Wildman–Crippen LogP) is 3.18. The molecule has 4 nitrogen and oxygen atoms in total. The molecule has 1 heterocycles. The Morgan fingerprint density at radius 1 is 1.26 bits per heavy atom. The summed E-state index contributed by atoms with van der Waals surface area (Å²) >= 11 is 2.01.